The van der Waals surface area contributed by atoms with Crippen LogP contribution in [0.4, 0.5) is 0 Å². The Hall–Kier alpha value is -2.43. The smallest absolute Gasteiger partial charge is 0.257 e. The van der Waals surface area contributed by atoms with Crippen LogP contribution < -0.4 is 0 Å². The molecule has 0 N–H and O–H groups in total. The number of rotatable bonds is 4. The molecule has 0 aliphatic rings. The maximum Gasteiger partial charge on any atom is 0.257 e. The van der Waals surface area contributed by atoms with Gasteiger partial charge in [-0.3, -0.25) is 0 Å². The highest BCUT2D eigenvalue weighted by Gasteiger charge is 2.09. The van der Waals surface area contributed by atoms with Crippen molar-refractivity contribution in [3.05, 3.63) is 48.5 Å². The average Bonchev–Trinajstić information content (AvgIpc) is 3.11. The number of benzene rings is 1. The van der Waals surface area contributed by atoms with Gasteiger partial charge in [-0.05, 0) is 30.7 Å². The highest BCUT2D eigenvalue weighted by molar-refractivity contribution is 5.57. The molecule has 0 spiro atoms. The minimum atomic E-state index is 0.553. The van der Waals surface area contributed by atoms with Crippen molar-refractivity contribution in [2.24, 2.45) is 0 Å². The fraction of sp³-hybridized carbons (Fsp3) is 0.214. The molecule has 1 aromatic carbocycles. The van der Waals surface area contributed by atoms with Crippen LogP contribution >= 0.6 is 0 Å². The Morgan fingerprint density at radius 2 is 2.21 bits per heavy atom. The van der Waals surface area contributed by atoms with Crippen molar-refractivity contribution in [1.29, 1.82) is 0 Å². The summed E-state index contributed by atoms with van der Waals surface area (Å²) in [4.78, 5) is 4.39. The predicted octanol–water partition coefficient (Wildman–Crippen LogP) is 2.87. The van der Waals surface area contributed by atoms with Crippen LogP contribution in [0.2, 0.25) is 0 Å². The molecule has 2 heterocycles. The minimum Gasteiger partial charge on any atom is -0.334 e. The summed E-state index contributed by atoms with van der Waals surface area (Å²) in [7, 11) is 0. The molecule has 0 aliphatic carbocycles. The Morgan fingerprint density at radius 1 is 1.26 bits per heavy atom. The number of aromatic nitrogens is 4. The first kappa shape index (κ1) is 11.6. The summed E-state index contributed by atoms with van der Waals surface area (Å²) in [5.74, 6) is 1.31. The predicted molar refractivity (Wildman–Crippen MR) is 70.9 cm³/mol. The summed E-state index contributed by atoms with van der Waals surface area (Å²) >= 11 is 0. The van der Waals surface area contributed by atoms with Gasteiger partial charge in [0.2, 0.25) is 0 Å². The Balaban J connectivity index is 1.94. The molecule has 3 rings (SSSR count). The minimum absolute atomic E-state index is 0.553. The summed E-state index contributed by atoms with van der Waals surface area (Å²) in [5, 5.41) is 8.17. The van der Waals surface area contributed by atoms with E-state index in [0.29, 0.717) is 5.89 Å². The first-order valence-corrected chi connectivity index (χ1v) is 6.30. The van der Waals surface area contributed by atoms with Crippen LogP contribution in [-0.2, 0) is 6.42 Å². The van der Waals surface area contributed by atoms with E-state index in [-0.39, 0.29) is 0 Å². The molecule has 0 saturated carbocycles. The standard InChI is InChI=1S/C14H14N4O/c1-2-5-13-16-14(19-17-13)11-6-3-7-12(10-11)18-9-4-8-15-18/h3-4,6-10H,2,5H2,1H3. The zero-order chi connectivity index (χ0) is 13.1. The summed E-state index contributed by atoms with van der Waals surface area (Å²) < 4.78 is 7.08. The first-order chi connectivity index (χ1) is 9.36. The van der Waals surface area contributed by atoms with Crippen LogP contribution in [0, 0.1) is 0 Å². The van der Waals surface area contributed by atoms with Gasteiger partial charge in [-0.15, -0.1) is 0 Å². The third-order valence-electron chi connectivity index (χ3n) is 2.80. The number of hydrogen-bond donors (Lipinski definition) is 0. The third kappa shape index (κ3) is 2.40. The fourth-order valence-corrected chi connectivity index (χ4v) is 1.90. The lowest BCUT2D eigenvalue weighted by Crippen LogP contribution is -1.94. The fourth-order valence-electron chi connectivity index (χ4n) is 1.90. The van der Waals surface area contributed by atoms with Gasteiger partial charge in [0.1, 0.15) is 0 Å². The molecule has 19 heavy (non-hydrogen) atoms. The van der Waals surface area contributed by atoms with Crippen LogP contribution in [0.3, 0.4) is 0 Å². The van der Waals surface area contributed by atoms with Crippen LogP contribution in [0.5, 0.6) is 0 Å². The van der Waals surface area contributed by atoms with E-state index in [1.54, 1.807) is 10.9 Å². The van der Waals surface area contributed by atoms with Crippen LogP contribution in [0.25, 0.3) is 17.1 Å². The zero-order valence-electron chi connectivity index (χ0n) is 10.7. The SMILES string of the molecule is CCCc1noc(-c2cccc(-n3cccn3)c2)n1. The summed E-state index contributed by atoms with van der Waals surface area (Å²) in [6, 6.07) is 9.76. The van der Waals surface area contributed by atoms with Crippen molar-refractivity contribution in [2.75, 3.05) is 0 Å². The topological polar surface area (TPSA) is 56.7 Å². The van der Waals surface area contributed by atoms with Crippen molar-refractivity contribution >= 4 is 0 Å². The zero-order valence-corrected chi connectivity index (χ0v) is 10.7. The van der Waals surface area contributed by atoms with Gasteiger partial charge in [0.05, 0.1) is 5.69 Å². The molecule has 96 valence electrons. The molecule has 0 unspecified atom stereocenters. The molecule has 0 radical (unpaired) electrons. The first-order valence-electron chi connectivity index (χ1n) is 6.30. The van der Waals surface area contributed by atoms with Gasteiger partial charge in [-0.1, -0.05) is 18.1 Å². The van der Waals surface area contributed by atoms with Crippen LogP contribution in [0.15, 0.2) is 47.2 Å². The second kappa shape index (κ2) is 5.06. The van der Waals surface area contributed by atoms with Gasteiger partial charge in [0.25, 0.3) is 5.89 Å². The largest absolute Gasteiger partial charge is 0.334 e. The van der Waals surface area contributed by atoms with Gasteiger partial charge in [-0.2, -0.15) is 10.1 Å². The quantitative estimate of drug-likeness (QED) is 0.718. The Labute approximate surface area is 110 Å². The maximum atomic E-state index is 5.28. The van der Waals surface area contributed by atoms with E-state index >= 15 is 0 Å². The lowest BCUT2D eigenvalue weighted by Gasteiger charge is -2.02. The van der Waals surface area contributed by atoms with E-state index in [9.17, 15) is 0 Å². The van der Waals surface area contributed by atoms with Crippen LogP contribution in [0.1, 0.15) is 19.2 Å². The molecule has 3 aromatic rings. The van der Waals surface area contributed by atoms with Gasteiger partial charge in [-0.25, -0.2) is 4.68 Å². The van der Waals surface area contributed by atoms with Crippen LogP contribution in [-0.4, -0.2) is 19.9 Å². The van der Waals surface area contributed by atoms with E-state index < -0.39 is 0 Å². The molecule has 0 atom stereocenters. The molecule has 0 fully saturated rings. The third-order valence-corrected chi connectivity index (χ3v) is 2.80. The summed E-state index contributed by atoms with van der Waals surface area (Å²) in [6.45, 7) is 2.09. The maximum absolute atomic E-state index is 5.28. The van der Waals surface area contributed by atoms with Gasteiger partial charge < -0.3 is 4.52 Å². The number of hydrogen-bond acceptors (Lipinski definition) is 4. The lowest BCUT2D eigenvalue weighted by molar-refractivity contribution is 0.422. The van der Waals surface area contributed by atoms with Crippen molar-refractivity contribution in [3.8, 4) is 17.1 Å². The normalized spacial score (nSPS) is 10.8. The summed E-state index contributed by atoms with van der Waals surface area (Å²) in [6.07, 6.45) is 5.49. The molecule has 0 aliphatic heterocycles. The molecule has 2 aromatic heterocycles. The second-order valence-electron chi connectivity index (χ2n) is 4.27. The van der Waals surface area contributed by atoms with E-state index in [4.69, 9.17) is 4.52 Å². The summed E-state index contributed by atoms with van der Waals surface area (Å²) in [5.41, 5.74) is 1.88. The number of aryl methyl sites for hydroxylation is 1. The van der Waals surface area contributed by atoms with Crippen molar-refractivity contribution < 1.29 is 4.52 Å². The average molecular weight is 254 g/mol. The van der Waals surface area contributed by atoms with Gasteiger partial charge >= 0.3 is 0 Å². The lowest BCUT2D eigenvalue weighted by atomic mass is 10.2. The van der Waals surface area contributed by atoms with Gasteiger partial charge in [0, 0.05) is 24.4 Å². The Morgan fingerprint density at radius 3 is 3.00 bits per heavy atom. The van der Waals surface area contributed by atoms with E-state index in [0.717, 1.165) is 29.9 Å². The molecular weight excluding hydrogens is 240 g/mol. The van der Waals surface area contributed by atoms with E-state index in [2.05, 4.69) is 22.2 Å². The molecule has 5 nitrogen and oxygen atoms in total. The Kier molecular flexibility index (Phi) is 3.10. The van der Waals surface area contributed by atoms with E-state index in [1.165, 1.54) is 0 Å². The van der Waals surface area contributed by atoms with Crippen molar-refractivity contribution in [2.45, 2.75) is 19.8 Å². The van der Waals surface area contributed by atoms with Crippen molar-refractivity contribution in [1.82, 2.24) is 19.9 Å². The van der Waals surface area contributed by atoms with Crippen molar-refractivity contribution in [3.63, 3.8) is 0 Å². The van der Waals surface area contributed by atoms with E-state index in [1.807, 2.05) is 36.5 Å². The molecule has 0 amide bonds. The second-order valence-corrected chi connectivity index (χ2v) is 4.27. The highest BCUT2D eigenvalue weighted by atomic mass is 16.5. The Bertz CT molecular complexity index is 658. The molecule has 0 saturated heterocycles. The molecule has 5 heteroatoms. The molecule has 0 bridgehead atoms. The van der Waals surface area contributed by atoms with Gasteiger partial charge in [0.15, 0.2) is 5.82 Å². The monoisotopic (exact) mass is 254 g/mol. The number of nitrogens with zero attached hydrogens (tertiary/aromatic N) is 4. The highest BCUT2D eigenvalue weighted by Crippen LogP contribution is 2.20. The molecular formula is C14H14N4O.